The van der Waals surface area contributed by atoms with E-state index < -0.39 is 5.95 Å². The average Bonchev–Trinajstić information content (AvgIpc) is 2.39. The quantitative estimate of drug-likeness (QED) is 0.773. The number of piperidine rings is 1. The Bertz CT molecular complexity index is 420. The molecular weight excluding hydrogens is 231 g/mol. The Morgan fingerprint density at radius 2 is 2.39 bits per heavy atom. The molecule has 0 spiro atoms. The van der Waals surface area contributed by atoms with Crippen molar-refractivity contribution in [2.24, 2.45) is 0 Å². The summed E-state index contributed by atoms with van der Waals surface area (Å²) in [6.45, 7) is 2.91. The highest BCUT2D eigenvalue weighted by Crippen LogP contribution is 2.22. The van der Waals surface area contributed by atoms with E-state index in [2.05, 4.69) is 11.9 Å². The maximum Gasteiger partial charge on any atom is 0.254 e. The van der Waals surface area contributed by atoms with Crippen LogP contribution < -0.4 is 0 Å². The molecule has 1 amide bonds. The lowest BCUT2D eigenvalue weighted by Gasteiger charge is -2.35. The zero-order valence-electron chi connectivity index (χ0n) is 10.7. The van der Waals surface area contributed by atoms with Crippen molar-refractivity contribution >= 4 is 5.91 Å². The summed E-state index contributed by atoms with van der Waals surface area (Å²) < 4.78 is 13.1. The van der Waals surface area contributed by atoms with Crippen LogP contribution >= 0.6 is 0 Å². The maximum atomic E-state index is 13.1. The zero-order valence-corrected chi connectivity index (χ0v) is 10.7. The Morgan fingerprint density at radius 3 is 3.11 bits per heavy atom. The summed E-state index contributed by atoms with van der Waals surface area (Å²) in [4.78, 5) is 17.8. The van der Waals surface area contributed by atoms with E-state index in [4.69, 9.17) is 0 Å². The molecule has 2 rings (SSSR count). The van der Waals surface area contributed by atoms with Crippen LogP contribution in [0.4, 0.5) is 4.39 Å². The van der Waals surface area contributed by atoms with E-state index in [0.29, 0.717) is 11.6 Å². The summed E-state index contributed by atoms with van der Waals surface area (Å²) in [7, 11) is 0. The lowest BCUT2D eigenvalue weighted by molar-refractivity contribution is 0.0600. The number of aromatic nitrogens is 1. The number of halogens is 1. The van der Waals surface area contributed by atoms with Crippen molar-refractivity contribution in [1.82, 2.24) is 9.88 Å². The lowest BCUT2D eigenvalue weighted by Crippen LogP contribution is -2.43. The Labute approximate surface area is 107 Å². The first-order valence-corrected chi connectivity index (χ1v) is 6.65. The van der Waals surface area contributed by atoms with Gasteiger partial charge in [-0.05, 0) is 31.7 Å². The monoisotopic (exact) mass is 250 g/mol. The van der Waals surface area contributed by atoms with Gasteiger partial charge in [-0.2, -0.15) is 4.39 Å². The molecular formula is C14H19FN2O. The van der Waals surface area contributed by atoms with Gasteiger partial charge in [0.05, 0.1) is 0 Å². The van der Waals surface area contributed by atoms with E-state index in [1.165, 1.54) is 18.7 Å². The first-order chi connectivity index (χ1) is 8.72. The zero-order chi connectivity index (χ0) is 13.0. The second kappa shape index (κ2) is 5.94. The topological polar surface area (TPSA) is 33.2 Å². The van der Waals surface area contributed by atoms with E-state index in [9.17, 15) is 9.18 Å². The summed E-state index contributed by atoms with van der Waals surface area (Å²) in [6, 6.07) is 3.12. The molecule has 3 nitrogen and oxygen atoms in total. The van der Waals surface area contributed by atoms with Gasteiger partial charge >= 0.3 is 0 Å². The lowest BCUT2D eigenvalue weighted by atomic mass is 9.97. The molecule has 0 N–H and O–H groups in total. The van der Waals surface area contributed by atoms with Crippen LogP contribution in [0.25, 0.3) is 0 Å². The van der Waals surface area contributed by atoms with Crippen LogP contribution in [0.3, 0.4) is 0 Å². The summed E-state index contributed by atoms with van der Waals surface area (Å²) >= 11 is 0. The van der Waals surface area contributed by atoms with E-state index in [0.717, 1.165) is 32.2 Å². The van der Waals surface area contributed by atoms with Crippen molar-refractivity contribution in [3.05, 3.63) is 29.8 Å². The predicted octanol–water partition coefficient (Wildman–Crippen LogP) is 3.02. The fraction of sp³-hybridized carbons (Fsp3) is 0.571. The Morgan fingerprint density at radius 1 is 1.56 bits per heavy atom. The van der Waals surface area contributed by atoms with E-state index in [-0.39, 0.29) is 5.91 Å². The molecule has 1 saturated heterocycles. The van der Waals surface area contributed by atoms with Crippen LogP contribution in [-0.2, 0) is 0 Å². The van der Waals surface area contributed by atoms with Crippen molar-refractivity contribution in [2.75, 3.05) is 6.54 Å². The highest BCUT2D eigenvalue weighted by atomic mass is 19.1. The van der Waals surface area contributed by atoms with Crippen molar-refractivity contribution in [1.29, 1.82) is 0 Å². The molecule has 0 aromatic carbocycles. The number of hydrogen-bond donors (Lipinski definition) is 0. The van der Waals surface area contributed by atoms with Crippen LogP contribution in [0.5, 0.6) is 0 Å². The van der Waals surface area contributed by atoms with E-state index >= 15 is 0 Å². The molecule has 1 atom stereocenters. The van der Waals surface area contributed by atoms with E-state index in [1.54, 1.807) is 6.07 Å². The number of carbonyl (C=O) groups is 1. The standard InChI is InChI=1S/C14H19FN2O/c1-2-5-12-6-3-4-9-17(12)14(18)11-7-8-16-13(15)10-11/h7-8,10,12H,2-6,9H2,1H3. The third-order valence-corrected chi connectivity index (χ3v) is 3.48. The van der Waals surface area contributed by atoms with Crippen molar-refractivity contribution in [3.63, 3.8) is 0 Å². The average molecular weight is 250 g/mol. The molecule has 1 unspecified atom stereocenters. The van der Waals surface area contributed by atoms with Crippen LogP contribution in [0, 0.1) is 5.95 Å². The molecule has 0 aliphatic carbocycles. The molecule has 1 aromatic rings. The number of pyridine rings is 1. The van der Waals surface area contributed by atoms with Crippen molar-refractivity contribution in [2.45, 2.75) is 45.1 Å². The molecule has 1 fully saturated rings. The molecule has 4 heteroatoms. The molecule has 0 radical (unpaired) electrons. The second-order valence-electron chi connectivity index (χ2n) is 4.80. The van der Waals surface area contributed by atoms with Gasteiger partial charge in [-0.3, -0.25) is 4.79 Å². The summed E-state index contributed by atoms with van der Waals surface area (Å²) in [5.41, 5.74) is 0.408. The molecule has 0 bridgehead atoms. The minimum absolute atomic E-state index is 0.0607. The number of nitrogens with zero attached hydrogens (tertiary/aromatic N) is 2. The molecule has 18 heavy (non-hydrogen) atoms. The minimum atomic E-state index is -0.593. The van der Waals surface area contributed by atoms with Gasteiger partial charge in [0.15, 0.2) is 0 Å². The van der Waals surface area contributed by atoms with Crippen LogP contribution in [0.1, 0.15) is 49.4 Å². The summed E-state index contributed by atoms with van der Waals surface area (Å²) in [6.07, 6.45) is 6.73. The van der Waals surface area contributed by atoms with Gasteiger partial charge in [-0.1, -0.05) is 13.3 Å². The van der Waals surface area contributed by atoms with Gasteiger partial charge in [0.25, 0.3) is 5.91 Å². The molecule has 2 heterocycles. The van der Waals surface area contributed by atoms with Gasteiger partial charge in [0.2, 0.25) is 5.95 Å². The van der Waals surface area contributed by atoms with Gasteiger partial charge in [0, 0.05) is 30.4 Å². The molecule has 0 saturated carbocycles. The fourth-order valence-corrected chi connectivity index (χ4v) is 2.60. The molecule has 1 aromatic heterocycles. The van der Waals surface area contributed by atoms with Crippen LogP contribution in [-0.4, -0.2) is 28.4 Å². The first-order valence-electron chi connectivity index (χ1n) is 6.65. The summed E-state index contributed by atoms with van der Waals surface area (Å²) in [5.74, 6) is -0.653. The smallest absolute Gasteiger partial charge is 0.254 e. The Kier molecular flexibility index (Phi) is 4.28. The number of amides is 1. The second-order valence-corrected chi connectivity index (χ2v) is 4.80. The van der Waals surface area contributed by atoms with Crippen LogP contribution in [0.15, 0.2) is 18.3 Å². The van der Waals surface area contributed by atoms with Gasteiger partial charge in [0.1, 0.15) is 0 Å². The van der Waals surface area contributed by atoms with Gasteiger partial charge in [-0.15, -0.1) is 0 Å². The third kappa shape index (κ3) is 2.86. The highest BCUT2D eigenvalue weighted by Gasteiger charge is 2.26. The number of rotatable bonds is 3. The fourth-order valence-electron chi connectivity index (χ4n) is 2.60. The summed E-state index contributed by atoms with van der Waals surface area (Å²) in [5, 5.41) is 0. The molecule has 98 valence electrons. The third-order valence-electron chi connectivity index (χ3n) is 3.48. The Balaban J connectivity index is 2.15. The first kappa shape index (κ1) is 13.0. The molecule has 1 aliphatic rings. The Hall–Kier alpha value is -1.45. The van der Waals surface area contributed by atoms with E-state index in [1.807, 2.05) is 4.90 Å². The predicted molar refractivity (Wildman–Crippen MR) is 67.8 cm³/mol. The molecule has 1 aliphatic heterocycles. The van der Waals surface area contributed by atoms with Crippen LogP contribution in [0.2, 0.25) is 0 Å². The van der Waals surface area contributed by atoms with Crippen molar-refractivity contribution in [3.8, 4) is 0 Å². The SMILES string of the molecule is CCCC1CCCCN1C(=O)c1ccnc(F)c1. The van der Waals surface area contributed by atoms with Crippen molar-refractivity contribution < 1.29 is 9.18 Å². The maximum absolute atomic E-state index is 13.1. The number of hydrogen-bond acceptors (Lipinski definition) is 2. The number of likely N-dealkylation sites (tertiary alicyclic amines) is 1. The minimum Gasteiger partial charge on any atom is -0.336 e. The van der Waals surface area contributed by atoms with Gasteiger partial charge in [-0.25, -0.2) is 4.98 Å². The van der Waals surface area contributed by atoms with Gasteiger partial charge < -0.3 is 4.90 Å². The number of carbonyl (C=O) groups excluding carboxylic acids is 1. The largest absolute Gasteiger partial charge is 0.336 e. The normalized spacial score (nSPS) is 19.9. The highest BCUT2D eigenvalue weighted by molar-refractivity contribution is 5.94.